The summed E-state index contributed by atoms with van der Waals surface area (Å²) in [6.45, 7) is 1.26. The number of carbonyl (C=O) groups is 1. The van der Waals surface area contributed by atoms with Gasteiger partial charge in [-0.05, 0) is 33.1 Å². The van der Waals surface area contributed by atoms with Gasteiger partial charge in [-0.25, -0.2) is 4.98 Å². The molecule has 0 saturated heterocycles. The highest BCUT2D eigenvalue weighted by atomic mass is 35.5. The molecule has 1 heterocycles. The fourth-order valence-electron chi connectivity index (χ4n) is 1.44. The average Bonchev–Trinajstić information content (AvgIpc) is 2.33. The van der Waals surface area contributed by atoms with Crippen molar-refractivity contribution in [3.8, 4) is 0 Å². The molecule has 0 aliphatic heterocycles. The van der Waals surface area contributed by atoms with Gasteiger partial charge in [-0.3, -0.25) is 14.9 Å². The molecule has 0 aliphatic rings. The quantitative estimate of drug-likeness (QED) is 0.369. The standard InChI is InChI=1S/C11H15ClN4O3/c1-15(2)5-3-4-13-11(17)8-6-10(12)14-7-9(8)16(18)19/h6-7H,3-5H2,1-2H3,(H,13,17). The van der Waals surface area contributed by atoms with Crippen molar-refractivity contribution in [3.05, 3.63) is 33.1 Å². The van der Waals surface area contributed by atoms with Gasteiger partial charge in [-0.2, -0.15) is 0 Å². The van der Waals surface area contributed by atoms with Gasteiger partial charge in [-0.1, -0.05) is 11.6 Å². The van der Waals surface area contributed by atoms with E-state index >= 15 is 0 Å². The lowest BCUT2D eigenvalue weighted by Gasteiger charge is -2.10. The van der Waals surface area contributed by atoms with Crippen LogP contribution in [0.1, 0.15) is 16.8 Å². The molecule has 7 nitrogen and oxygen atoms in total. The van der Waals surface area contributed by atoms with Crippen molar-refractivity contribution >= 4 is 23.2 Å². The molecule has 0 spiro atoms. The van der Waals surface area contributed by atoms with Gasteiger partial charge in [0.15, 0.2) is 0 Å². The first-order valence-corrected chi connectivity index (χ1v) is 6.02. The first-order chi connectivity index (χ1) is 8.91. The zero-order valence-corrected chi connectivity index (χ0v) is 11.5. The van der Waals surface area contributed by atoms with Crippen LogP contribution in [-0.2, 0) is 0 Å². The summed E-state index contributed by atoms with van der Waals surface area (Å²) >= 11 is 5.65. The minimum Gasteiger partial charge on any atom is -0.352 e. The Hall–Kier alpha value is -1.73. The second-order valence-electron chi connectivity index (χ2n) is 4.19. The van der Waals surface area contributed by atoms with Gasteiger partial charge in [0.1, 0.15) is 16.9 Å². The summed E-state index contributed by atoms with van der Waals surface area (Å²) in [7, 11) is 3.85. The van der Waals surface area contributed by atoms with E-state index in [0.29, 0.717) is 6.54 Å². The topological polar surface area (TPSA) is 88.4 Å². The highest BCUT2D eigenvalue weighted by Crippen LogP contribution is 2.20. The summed E-state index contributed by atoms with van der Waals surface area (Å²) in [5.41, 5.74) is -0.427. The molecule has 1 N–H and O–H groups in total. The monoisotopic (exact) mass is 286 g/mol. The van der Waals surface area contributed by atoms with Gasteiger partial charge in [0.25, 0.3) is 11.6 Å². The molecule has 1 amide bonds. The van der Waals surface area contributed by atoms with Crippen molar-refractivity contribution in [2.45, 2.75) is 6.42 Å². The molecule has 0 atom stereocenters. The molecule has 0 bridgehead atoms. The van der Waals surface area contributed by atoms with Gasteiger partial charge in [0, 0.05) is 6.54 Å². The van der Waals surface area contributed by atoms with E-state index in [1.165, 1.54) is 6.07 Å². The third kappa shape index (κ3) is 4.80. The summed E-state index contributed by atoms with van der Waals surface area (Å²) < 4.78 is 0. The predicted molar refractivity (Wildman–Crippen MR) is 71.4 cm³/mol. The average molecular weight is 287 g/mol. The highest BCUT2D eigenvalue weighted by molar-refractivity contribution is 6.29. The van der Waals surface area contributed by atoms with E-state index in [4.69, 9.17) is 11.6 Å². The van der Waals surface area contributed by atoms with Crippen LogP contribution in [0, 0.1) is 10.1 Å². The maximum Gasteiger partial charge on any atom is 0.300 e. The Morgan fingerprint density at radius 3 is 2.84 bits per heavy atom. The van der Waals surface area contributed by atoms with Crippen LogP contribution >= 0.6 is 11.6 Å². The van der Waals surface area contributed by atoms with Crippen LogP contribution < -0.4 is 5.32 Å². The first kappa shape index (κ1) is 15.3. The van der Waals surface area contributed by atoms with Crippen LogP contribution in [0.5, 0.6) is 0 Å². The summed E-state index contributed by atoms with van der Waals surface area (Å²) in [6.07, 6.45) is 1.74. The smallest absolute Gasteiger partial charge is 0.300 e. The van der Waals surface area contributed by atoms with Crippen molar-refractivity contribution in [3.63, 3.8) is 0 Å². The van der Waals surface area contributed by atoms with E-state index < -0.39 is 10.8 Å². The van der Waals surface area contributed by atoms with E-state index in [9.17, 15) is 14.9 Å². The normalized spacial score (nSPS) is 10.5. The molecular weight excluding hydrogens is 272 g/mol. The van der Waals surface area contributed by atoms with Crippen LogP contribution in [0.15, 0.2) is 12.3 Å². The van der Waals surface area contributed by atoms with E-state index in [2.05, 4.69) is 10.3 Å². The van der Waals surface area contributed by atoms with Gasteiger partial charge in [-0.15, -0.1) is 0 Å². The molecule has 104 valence electrons. The second-order valence-corrected chi connectivity index (χ2v) is 4.58. The van der Waals surface area contributed by atoms with Crippen LogP contribution in [0.4, 0.5) is 5.69 Å². The lowest BCUT2D eigenvalue weighted by molar-refractivity contribution is -0.385. The minimum atomic E-state index is -0.655. The predicted octanol–water partition coefficient (Wildman–Crippen LogP) is 1.32. The fraction of sp³-hybridized carbons (Fsp3) is 0.455. The molecule has 0 radical (unpaired) electrons. The van der Waals surface area contributed by atoms with Crippen LogP contribution in [0.3, 0.4) is 0 Å². The molecule has 1 aromatic heterocycles. The Balaban J connectivity index is 2.70. The van der Waals surface area contributed by atoms with Crippen LogP contribution in [0.2, 0.25) is 5.15 Å². The van der Waals surface area contributed by atoms with Crippen molar-refractivity contribution in [1.82, 2.24) is 15.2 Å². The summed E-state index contributed by atoms with van der Waals surface area (Å²) in [6, 6.07) is 1.20. The lowest BCUT2D eigenvalue weighted by Crippen LogP contribution is -2.27. The number of hydrogen-bond donors (Lipinski definition) is 1. The second kappa shape index (κ2) is 7.01. The van der Waals surface area contributed by atoms with Crippen LogP contribution in [0.25, 0.3) is 0 Å². The fourth-order valence-corrected chi connectivity index (χ4v) is 1.60. The Morgan fingerprint density at radius 1 is 1.58 bits per heavy atom. The van der Waals surface area contributed by atoms with Crippen molar-refractivity contribution in [1.29, 1.82) is 0 Å². The minimum absolute atomic E-state index is 0.0454. The Labute approximate surface area is 115 Å². The van der Waals surface area contributed by atoms with E-state index in [1.54, 1.807) is 0 Å². The number of nitrogens with zero attached hydrogens (tertiary/aromatic N) is 3. The molecule has 0 aliphatic carbocycles. The number of aromatic nitrogens is 1. The number of amides is 1. The molecule has 8 heteroatoms. The number of halogens is 1. The maximum atomic E-state index is 11.9. The molecule has 0 fully saturated rings. The lowest BCUT2D eigenvalue weighted by atomic mass is 10.2. The number of nitrogens with one attached hydrogen (secondary N) is 1. The van der Waals surface area contributed by atoms with Gasteiger partial charge in [0.05, 0.1) is 4.92 Å². The Bertz CT molecular complexity index is 479. The molecule has 19 heavy (non-hydrogen) atoms. The van der Waals surface area contributed by atoms with Crippen LogP contribution in [-0.4, -0.2) is 47.9 Å². The van der Waals surface area contributed by atoms with Gasteiger partial charge in [0.2, 0.25) is 0 Å². The van der Waals surface area contributed by atoms with E-state index in [0.717, 1.165) is 19.2 Å². The number of hydrogen-bond acceptors (Lipinski definition) is 5. The molecule has 0 aromatic carbocycles. The number of rotatable bonds is 6. The third-order valence-electron chi connectivity index (χ3n) is 2.36. The molecule has 1 aromatic rings. The molecule has 0 unspecified atom stereocenters. The number of carbonyl (C=O) groups excluding carboxylic acids is 1. The SMILES string of the molecule is CN(C)CCCNC(=O)c1cc(Cl)ncc1[N+](=O)[O-]. The van der Waals surface area contributed by atoms with E-state index in [-0.39, 0.29) is 16.4 Å². The molecular formula is C11H15ClN4O3. The summed E-state index contributed by atoms with van der Waals surface area (Å²) in [5, 5.41) is 13.5. The largest absolute Gasteiger partial charge is 0.352 e. The number of nitro groups is 1. The van der Waals surface area contributed by atoms with Gasteiger partial charge < -0.3 is 10.2 Å². The zero-order chi connectivity index (χ0) is 14.4. The highest BCUT2D eigenvalue weighted by Gasteiger charge is 2.20. The summed E-state index contributed by atoms with van der Waals surface area (Å²) in [4.78, 5) is 27.6. The molecule has 1 rings (SSSR count). The van der Waals surface area contributed by atoms with E-state index in [1.807, 2.05) is 19.0 Å². The van der Waals surface area contributed by atoms with Crippen molar-refractivity contribution in [2.75, 3.05) is 27.2 Å². The first-order valence-electron chi connectivity index (χ1n) is 5.64. The van der Waals surface area contributed by atoms with Crippen molar-refractivity contribution < 1.29 is 9.72 Å². The van der Waals surface area contributed by atoms with Gasteiger partial charge >= 0.3 is 0 Å². The molecule has 0 saturated carbocycles. The maximum absolute atomic E-state index is 11.9. The Morgan fingerprint density at radius 2 is 2.26 bits per heavy atom. The summed E-state index contributed by atoms with van der Waals surface area (Å²) in [5.74, 6) is -0.519. The number of pyridine rings is 1. The third-order valence-corrected chi connectivity index (χ3v) is 2.57. The van der Waals surface area contributed by atoms with Crippen molar-refractivity contribution in [2.24, 2.45) is 0 Å². The zero-order valence-electron chi connectivity index (χ0n) is 10.7. The Kier molecular flexibility index (Phi) is 5.65.